The Morgan fingerprint density at radius 3 is 2.86 bits per heavy atom. The van der Waals surface area contributed by atoms with Crippen molar-refractivity contribution in [3.05, 3.63) is 39.2 Å². The van der Waals surface area contributed by atoms with Gasteiger partial charge in [-0.2, -0.15) is 0 Å². The third kappa shape index (κ3) is 3.95. The predicted octanol–water partition coefficient (Wildman–Crippen LogP) is 3.05. The Hall–Kier alpha value is -1.60. The minimum absolute atomic E-state index is 0.211. The van der Waals surface area contributed by atoms with E-state index in [0.717, 1.165) is 26.7 Å². The first kappa shape index (κ1) is 15.8. The summed E-state index contributed by atoms with van der Waals surface area (Å²) in [6.45, 7) is 1.52. The lowest BCUT2D eigenvalue weighted by molar-refractivity contribution is -0.145. The van der Waals surface area contributed by atoms with Crippen LogP contribution in [0.5, 0.6) is 0 Å². The minimum Gasteiger partial charge on any atom is -0.465 e. The standard InChI is InChI=1S/C14H12BrNO4S/c1-2-20-12(17)8-16-13(18)11(21-14(16)19)7-9-4-3-5-10(15)6-9/h3-7H,2,8H2,1H3/b11-7+. The Bertz CT molecular complexity index is 629. The highest BCUT2D eigenvalue weighted by molar-refractivity contribution is 9.10. The molecule has 0 N–H and O–H groups in total. The van der Waals surface area contributed by atoms with E-state index in [2.05, 4.69) is 15.9 Å². The maximum atomic E-state index is 12.1. The van der Waals surface area contributed by atoms with Crippen molar-refractivity contribution in [3.63, 3.8) is 0 Å². The molecule has 0 bridgehead atoms. The van der Waals surface area contributed by atoms with Gasteiger partial charge in [-0.15, -0.1) is 0 Å². The van der Waals surface area contributed by atoms with Gasteiger partial charge in [0.25, 0.3) is 11.1 Å². The molecule has 0 aromatic heterocycles. The molecule has 110 valence electrons. The normalized spacial score (nSPS) is 16.7. The van der Waals surface area contributed by atoms with E-state index in [0.29, 0.717) is 4.91 Å². The number of thioether (sulfide) groups is 1. The SMILES string of the molecule is CCOC(=O)CN1C(=O)S/C(=C/c2cccc(Br)c2)C1=O. The van der Waals surface area contributed by atoms with Crippen LogP contribution >= 0.6 is 27.7 Å². The fraction of sp³-hybridized carbons (Fsp3) is 0.214. The summed E-state index contributed by atoms with van der Waals surface area (Å²) in [7, 11) is 0. The van der Waals surface area contributed by atoms with Crippen LogP contribution in [0.1, 0.15) is 12.5 Å². The van der Waals surface area contributed by atoms with E-state index in [1.807, 2.05) is 24.3 Å². The molecule has 1 aliphatic rings. The van der Waals surface area contributed by atoms with E-state index in [4.69, 9.17) is 4.74 Å². The van der Waals surface area contributed by atoms with Gasteiger partial charge in [0.15, 0.2) is 0 Å². The predicted molar refractivity (Wildman–Crippen MR) is 83.5 cm³/mol. The van der Waals surface area contributed by atoms with Crippen molar-refractivity contribution < 1.29 is 19.1 Å². The van der Waals surface area contributed by atoms with Crippen molar-refractivity contribution in [3.8, 4) is 0 Å². The largest absolute Gasteiger partial charge is 0.465 e. The molecule has 2 amide bonds. The summed E-state index contributed by atoms with van der Waals surface area (Å²) < 4.78 is 5.63. The van der Waals surface area contributed by atoms with Crippen molar-refractivity contribution in [2.24, 2.45) is 0 Å². The Kier molecular flexibility index (Phi) is 5.19. The summed E-state index contributed by atoms with van der Waals surface area (Å²) >= 11 is 4.16. The molecule has 0 spiro atoms. The molecule has 2 rings (SSSR count). The van der Waals surface area contributed by atoms with Crippen LogP contribution in [0.15, 0.2) is 33.6 Å². The zero-order valence-electron chi connectivity index (χ0n) is 11.2. The molecule has 1 aromatic carbocycles. The van der Waals surface area contributed by atoms with Crippen molar-refractivity contribution in [1.82, 2.24) is 4.90 Å². The Labute approximate surface area is 134 Å². The van der Waals surface area contributed by atoms with Crippen LogP contribution < -0.4 is 0 Å². The van der Waals surface area contributed by atoms with E-state index in [1.54, 1.807) is 13.0 Å². The second-order valence-corrected chi connectivity index (χ2v) is 6.04. The number of hydrogen-bond acceptors (Lipinski definition) is 5. The molecular formula is C14H12BrNO4S. The molecule has 0 unspecified atom stereocenters. The number of esters is 1. The van der Waals surface area contributed by atoms with Crippen molar-refractivity contribution in [2.45, 2.75) is 6.92 Å². The molecule has 0 aliphatic carbocycles. The molecule has 1 fully saturated rings. The van der Waals surface area contributed by atoms with Gasteiger partial charge in [-0.25, -0.2) is 0 Å². The van der Waals surface area contributed by atoms with Gasteiger partial charge in [0.05, 0.1) is 11.5 Å². The second kappa shape index (κ2) is 6.91. The highest BCUT2D eigenvalue weighted by Crippen LogP contribution is 2.32. The summed E-state index contributed by atoms with van der Waals surface area (Å²) in [5.41, 5.74) is 0.797. The van der Waals surface area contributed by atoms with Crippen LogP contribution in [0.4, 0.5) is 4.79 Å². The van der Waals surface area contributed by atoms with Crippen molar-refractivity contribution in [1.29, 1.82) is 0 Å². The maximum Gasteiger partial charge on any atom is 0.326 e. The van der Waals surface area contributed by atoms with Gasteiger partial charge in [0.1, 0.15) is 6.54 Å². The Morgan fingerprint density at radius 2 is 2.19 bits per heavy atom. The molecular weight excluding hydrogens is 358 g/mol. The molecule has 0 atom stereocenters. The number of halogens is 1. The van der Waals surface area contributed by atoms with Gasteiger partial charge in [-0.1, -0.05) is 28.1 Å². The number of ether oxygens (including phenoxy) is 1. The van der Waals surface area contributed by atoms with Crippen LogP contribution in [-0.4, -0.2) is 35.2 Å². The highest BCUT2D eigenvalue weighted by Gasteiger charge is 2.36. The van der Waals surface area contributed by atoms with E-state index >= 15 is 0 Å². The summed E-state index contributed by atoms with van der Waals surface area (Å²) in [6, 6.07) is 7.35. The zero-order valence-corrected chi connectivity index (χ0v) is 13.6. The smallest absolute Gasteiger partial charge is 0.326 e. The monoisotopic (exact) mass is 369 g/mol. The molecule has 1 aromatic rings. The summed E-state index contributed by atoms with van der Waals surface area (Å²) in [5.74, 6) is -1.07. The molecule has 21 heavy (non-hydrogen) atoms. The summed E-state index contributed by atoms with van der Waals surface area (Å²) in [5, 5.41) is -0.464. The van der Waals surface area contributed by atoms with Crippen molar-refractivity contribution in [2.75, 3.05) is 13.2 Å². The van der Waals surface area contributed by atoms with Crippen LogP contribution in [0.25, 0.3) is 6.08 Å². The third-order valence-corrected chi connectivity index (χ3v) is 4.01. The minimum atomic E-state index is -0.594. The van der Waals surface area contributed by atoms with Gasteiger partial charge in [0, 0.05) is 4.47 Å². The van der Waals surface area contributed by atoms with Crippen LogP contribution in [0.3, 0.4) is 0 Å². The Balaban J connectivity index is 2.16. The van der Waals surface area contributed by atoms with E-state index in [1.165, 1.54) is 0 Å². The lowest BCUT2D eigenvalue weighted by atomic mass is 10.2. The fourth-order valence-corrected chi connectivity index (χ4v) is 2.98. The number of rotatable bonds is 4. The lowest BCUT2D eigenvalue weighted by Gasteiger charge is -2.10. The average Bonchev–Trinajstić information content (AvgIpc) is 2.67. The molecule has 0 saturated carbocycles. The molecule has 1 aliphatic heterocycles. The number of imide groups is 1. The van der Waals surface area contributed by atoms with E-state index < -0.39 is 17.1 Å². The van der Waals surface area contributed by atoms with E-state index in [-0.39, 0.29) is 13.2 Å². The first-order chi connectivity index (χ1) is 10.0. The molecule has 7 heteroatoms. The van der Waals surface area contributed by atoms with Crippen molar-refractivity contribution >= 4 is 50.9 Å². The van der Waals surface area contributed by atoms with Gasteiger partial charge < -0.3 is 4.74 Å². The summed E-state index contributed by atoms with van der Waals surface area (Å²) in [6.07, 6.45) is 1.63. The zero-order chi connectivity index (χ0) is 15.4. The number of carbonyl (C=O) groups excluding carboxylic acids is 3. The quantitative estimate of drug-likeness (QED) is 0.602. The van der Waals surface area contributed by atoms with Gasteiger partial charge in [0.2, 0.25) is 0 Å². The average molecular weight is 370 g/mol. The van der Waals surface area contributed by atoms with Crippen LogP contribution in [0.2, 0.25) is 0 Å². The number of amides is 2. The lowest BCUT2D eigenvalue weighted by Crippen LogP contribution is -2.34. The third-order valence-electron chi connectivity index (χ3n) is 2.61. The Morgan fingerprint density at radius 1 is 1.43 bits per heavy atom. The van der Waals surface area contributed by atoms with E-state index in [9.17, 15) is 14.4 Å². The molecule has 1 saturated heterocycles. The summed E-state index contributed by atoms with van der Waals surface area (Å²) in [4.78, 5) is 36.5. The maximum absolute atomic E-state index is 12.1. The fourth-order valence-electron chi connectivity index (χ4n) is 1.72. The van der Waals surface area contributed by atoms with Crippen LogP contribution in [-0.2, 0) is 14.3 Å². The number of hydrogen-bond donors (Lipinski definition) is 0. The number of benzene rings is 1. The molecule has 0 radical (unpaired) electrons. The topological polar surface area (TPSA) is 63.7 Å². The van der Waals surface area contributed by atoms with Crippen LogP contribution in [0, 0.1) is 0 Å². The molecule has 1 heterocycles. The van der Waals surface area contributed by atoms with Gasteiger partial charge in [-0.3, -0.25) is 19.3 Å². The first-order valence-electron chi connectivity index (χ1n) is 6.18. The second-order valence-electron chi connectivity index (χ2n) is 4.13. The van der Waals surface area contributed by atoms with Gasteiger partial charge >= 0.3 is 5.97 Å². The number of carbonyl (C=O) groups is 3. The highest BCUT2D eigenvalue weighted by atomic mass is 79.9. The van der Waals surface area contributed by atoms with Gasteiger partial charge in [-0.05, 0) is 42.5 Å². The number of nitrogens with zero attached hydrogens (tertiary/aromatic N) is 1. The first-order valence-corrected chi connectivity index (χ1v) is 7.78. The molecule has 5 nitrogen and oxygen atoms in total.